The summed E-state index contributed by atoms with van der Waals surface area (Å²) in [6.45, 7) is 0. The number of hydrogen-bond donors (Lipinski definition) is 1. The van der Waals surface area contributed by atoms with Crippen molar-refractivity contribution in [1.82, 2.24) is 0 Å². The zero-order valence-electron chi connectivity index (χ0n) is 8.11. The molecule has 0 amide bonds. The molecule has 0 atom stereocenters. The van der Waals surface area contributed by atoms with E-state index in [2.05, 4.69) is 0 Å². The third-order valence-corrected chi connectivity index (χ3v) is 3.81. The van der Waals surface area contributed by atoms with Crippen LogP contribution in [0.1, 0.15) is 10.4 Å². The zero-order valence-corrected chi connectivity index (χ0v) is 9.75. The minimum atomic E-state index is -4.49. The molecule has 6 nitrogen and oxygen atoms in total. The molecular weight excluding hydrogens is 256 g/mol. The maximum absolute atomic E-state index is 11.3. The quantitative estimate of drug-likeness (QED) is 0.615. The van der Waals surface area contributed by atoms with E-state index in [-0.39, 0.29) is 5.56 Å². The molecule has 1 aromatic rings. The van der Waals surface area contributed by atoms with Crippen molar-refractivity contribution < 1.29 is 26.2 Å². The van der Waals surface area contributed by atoms with Crippen molar-refractivity contribution in [2.24, 2.45) is 0 Å². The first-order valence-corrected chi connectivity index (χ1v) is 7.26. The van der Waals surface area contributed by atoms with Crippen molar-refractivity contribution in [3.05, 3.63) is 23.8 Å². The zero-order chi connectivity index (χ0) is 12.6. The van der Waals surface area contributed by atoms with E-state index in [0.717, 1.165) is 24.5 Å². The first kappa shape index (κ1) is 12.8. The molecule has 0 spiro atoms. The van der Waals surface area contributed by atoms with Crippen molar-refractivity contribution in [3.8, 4) is 0 Å². The minimum Gasteiger partial charge on any atom is -0.298 e. The van der Waals surface area contributed by atoms with Crippen LogP contribution in [0.15, 0.2) is 28.0 Å². The van der Waals surface area contributed by atoms with Gasteiger partial charge in [0.25, 0.3) is 10.1 Å². The molecule has 88 valence electrons. The van der Waals surface area contributed by atoms with Crippen molar-refractivity contribution in [2.75, 3.05) is 6.26 Å². The number of rotatable bonds is 3. The fourth-order valence-corrected chi connectivity index (χ4v) is 2.56. The van der Waals surface area contributed by atoms with Crippen LogP contribution < -0.4 is 0 Å². The number of carbonyl (C=O) groups excluding carboxylic acids is 1. The highest BCUT2D eigenvalue weighted by Crippen LogP contribution is 2.19. The lowest BCUT2D eigenvalue weighted by Gasteiger charge is -2.04. The maximum Gasteiger partial charge on any atom is 0.294 e. The van der Waals surface area contributed by atoms with Gasteiger partial charge in [-0.15, -0.1) is 0 Å². The van der Waals surface area contributed by atoms with Gasteiger partial charge in [0.05, 0.1) is 9.79 Å². The first-order valence-electron chi connectivity index (χ1n) is 3.93. The molecule has 0 unspecified atom stereocenters. The molecule has 0 bridgehead atoms. The summed E-state index contributed by atoms with van der Waals surface area (Å²) in [6.07, 6.45) is 1.13. The van der Waals surface area contributed by atoms with E-state index in [1.54, 1.807) is 0 Å². The third-order valence-electron chi connectivity index (χ3n) is 1.81. The predicted molar refractivity (Wildman–Crippen MR) is 54.8 cm³/mol. The summed E-state index contributed by atoms with van der Waals surface area (Å²) in [5.74, 6) is 0. The third kappa shape index (κ3) is 2.65. The molecule has 1 aromatic carbocycles. The fourth-order valence-electron chi connectivity index (χ4n) is 1.09. The SMILES string of the molecule is CS(=O)(=O)c1cc(S(=O)(=O)O)ccc1C=O. The van der Waals surface area contributed by atoms with E-state index < -0.39 is 29.7 Å². The second kappa shape index (κ2) is 3.96. The normalized spacial score (nSPS) is 12.4. The lowest BCUT2D eigenvalue weighted by Crippen LogP contribution is -2.05. The Labute approximate surface area is 92.6 Å². The van der Waals surface area contributed by atoms with Crippen LogP contribution in [-0.4, -0.2) is 33.9 Å². The van der Waals surface area contributed by atoms with E-state index in [1.807, 2.05) is 0 Å². The average Bonchev–Trinajstić information content (AvgIpc) is 2.14. The summed E-state index contributed by atoms with van der Waals surface area (Å²) in [6, 6.07) is 2.72. The lowest BCUT2D eigenvalue weighted by molar-refractivity contribution is 0.112. The molecule has 16 heavy (non-hydrogen) atoms. The molecule has 1 rings (SSSR count). The number of hydrogen-bond acceptors (Lipinski definition) is 5. The lowest BCUT2D eigenvalue weighted by atomic mass is 10.2. The molecule has 8 heteroatoms. The van der Waals surface area contributed by atoms with Crippen molar-refractivity contribution >= 4 is 26.2 Å². The van der Waals surface area contributed by atoms with E-state index >= 15 is 0 Å². The average molecular weight is 264 g/mol. The highest BCUT2D eigenvalue weighted by Gasteiger charge is 2.18. The molecular formula is C8H8O6S2. The van der Waals surface area contributed by atoms with Crippen LogP contribution in [0.25, 0.3) is 0 Å². The molecule has 0 saturated heterocycles. The molecule has 0 aliphatic rings. The van der Waals surface area contributed by atoms with E-state index in [9.17, 15) is 21.6 Å². The Morgan fingerprint density at radius 1 is 1.19 bits per heavy atom. The van der Waals surface area contributed by atoms with Crippen molar-refractivity contribution in [3.63, 3.8) is 0 Å². The second-order valence-electron chi connectivity index (χ2n) is 3.06. The van der Waals surface area contributed by atoms with Crippen molar-refractivity contribution in [2.45, 2.75) is 9.79 Å². The minimum absolute atomic E-state index is 0.157. The van der Waals surface area contributed by atoms with Crippen LogP contribution in [0, 0.1) is 0 Å². The summed E-state index contributed by atoms with van der Waals surface area (Å²) in [5.41, 5.74) is -0.157. The van der Waals surface area contributed by atoms with E-state index in [0.29, 0.717) is 6.29 Å². The molecule has 0 aliphatic carbocycles. The fraction of sp³-hybridized carbons (Fsp3) is 0.125. The summed E-state index contributed by atoms with van der Waals surface area (Å²) < 4.78 is 52.8. The topological polar surface area (TPSA) is 106 Å². The first-order chi connectivity index (χ1) is 7.16. The van der Waals surface area contributed by atoms with Crippen LogP contribution in [-0.2, 0) is 20.0 Å². The Kier molecular flexibility index (Phi) is 3.17. The molecule has 0 saturated carbocycles. The standard InChI is InChI=1S/C8H8O6S2/c1-15(10,11)8-4-7(16(12,13)14)3-2-6(8)5-9/h2-5H,1H3,(H,12,13,14). The number of benzene rings is 1. The van der Waals surface area contributed by atoms with Gasteiger partial charge in [0, 0.05) is 11.8 Å². The van der Waals surface area contributed by atoms with Gasteiger partial charge in [-0.2, -0.15) is 8.42 Å². The Balaban J connectivity index is 3.65. The Morgan fingerprint density at radius 3 is 2.12 bits per heavy atom. The summed E-state index contributed by atoms with van der Waals surface area (Å²) >= 11 is 0. The van der Waals surface area contributed by atoms with Crippen molar-refractivity contribution in [1.29, 1.82) is 0 Å². The number of sulfone groups is 1. The highest BCUT2D eigenvalue weighted by atomic mass is 32.2. The van der Waals surface area contributed by atoms with Gasteiger partial charge >= 0.3 is 0 Å². The van der Waals surface area contributed by atoms with Gasteiger partial charge in [-0.05, 0) is 18.2 Å². The molecule has 0 aliphatic heterocycles. The molecule has 0 fully saturated rings. The van der Waals surface area contributed by atoms with Gasteiger partial charge in [-0.3, -0.25) is 9.35 Å². The Bertz CT molecular complexity index is 626. The van der Waals surface area contributed by atoms with Gasteiger partial charge in [0.2, 0.25) is 0 Å². The smallest absolute Gasteiger partial charge is 0.294 e. The monoisotopic (exact) mass is 264 g/mol. The van der Waals surface area contributed by atoms with Crippen LogP contribution >= 0.6 is 0 Å². The second-order valence-corrected chi connectivity index (χ2v) is 6.47. The Morgan fingerprint density at radius 2 is 1.75 bits per heavy atom. The van der Waals surface area contributed by atoms with Gasteiger partial charge in [0.1, 0.15) is 0 Å². The van der Waals surface area contributed by atoms with Gasteiger partial charge in [-0.1, -0.05) is 0 Å². The maximum atomic E-state index is 11.3. The molecule has 0 heterocycles. The summed E-state index contributed by atoms with van der Waals surface area (Å²) in [4.78, 5) is 9.56. The highest BCUT2D eigenvalue weighted by molar-refractivity contribution is 7.91. The Hall–Kier alpha value is -1.25. The van der Waals surface area contributed by atoms with Crippen LogP contribution in [0.2, 0.25) is 0 Å². The van der Waals surface area contributed by atoms with Crippen LogP contribution in [0.3, 0.4) is 0 Å². The van der Waals surface area contributed by atoms with E-state index in [4.69, 9.17) is 4.55 Å². The summed E-state index contributed by atoms with van der Waals surface area (Å²) in [7, 11) is -8.23. The molecule has 0 radical (unpaired) electrons. The summed E-state index contributed by atoms with van der Waals surface area (Å²) in [5, 5.41) is 0. The van der Waals surface area contributed by atoms with Gasteiger partial charge in [-0.25, -0.2) is 8.42 Å². The largest absolute Gasteiger partial charge is 0.298 e. The van der Waals surface area contributed by atoms with E-state index in [1.165, 1.54) is 0 Å². The molecule has 0 aromatic heterocycles. The van der Waals surface area contributed by atoms with Crippen LogP contribution in [0.5, 0.6) is 0 Å². The number of carbonyl (C=O) groups is 1. The molecule has 1 N–H and O–H groups in total. The predicted octanol–water partition coefficient (Wildman–Crippen LogP) is 0.149. The van der Waals surface area contributed by atoms with Gasteiger partial charge in [0.15, 0.2) is 16.1 Å². The van der Waals surface area contributed by atoms with Crippen LogP contribution in [0.4, 0.5) is 0 Å². The van der Waals surface area contributed by atoms with Gasteiger partial charge < -0.3 is 0 Å². The number of aldehydes is 1.